The van der Waals surface area contributed by atoms with Crippen molar-refractivity contribution in [3.63, 3.8) is 0 Å². The van der Waals surface area contributed by atoms with Crippen molar-refractivity contribution >= 4 is 5.95 Å². The summed E-state index contributed by atoms with van der Waals surface area (Å²) in [5.41, 5.74) is 1.84. The van der Waals surface area contributed by atoms with E-state index in [-0.39, 0.29) is 17.6 Å². The Morgan fingerprint density at radius 3 is 2.72 bits per heavy atom. The third-order valence-electron chi connectivity index (χ3n) is 4.86. The smallest absolute Gasteiger partial charge is 0.267 e. The molecule has 7 nitrogen and oxygen atoms in total. The van der Waals surface area contributed by atoms with Gasteiger partial charge in [-0.05, 0) is 25.7 Å². The Labute approximate surface area is 144 Å². The lowest BCUT2D eigenvalue weighted by molar-refractivity contribution is 0.107. The molecule has 4 rings (SSSR count). The van der Waals surface area contributed by atoms with E-state index in [0.717, 1.165) is 55.8 Å². The molecule has 8 heteroatoms. The van der Waals surface area contributed by atoms with E-state index in [0.29, 0.717) is 19.2 Å². The summed E-state index contributed by atoms with van der Waals surface area (Å²) in [7, 11) is 0. The molecule has 2 aromatic rings. The summed E-state index contributed by atoms with van der Waals surface area (Å²) in [4.78, 5) is 20.2. The molecule has 3 heterocycles. The Bertz CT molecular complexity index is 800. The summed E-state index contributed by atoms with van der Waals surface area (Å²) in [6.45, 7) is 1.14. The molecule has 0 spiro atoms. The first-order chi connectivity index (χ1) is 12.2. The molecule has 1 aliphatic carbocycles. The van der Waals surface area contributed by atoms with Crippen molar-refractivity contribution in [3.05, 3.63) is 45.9 Å². The van der Waals surface area contributed by atoms with E-state index in [4.69, 9.17) is 4.74 Å². The van der Waals surface area contributed by atoms with Crippen LogP contribution < -0.4 is 10.9 Å². The van der Waals surface area contributed by atoms with Crippen molar-refractivity contribution in [2.75, 3.05) is 11.9 Å². The Morgan fingerprint density at radius 1 is 1.20 bits per heavy atom. The lowest BCUT2D eigenvalue weighted by Crippen LogP contribution is -2.35. The van der Waals surface area contributed by atoms with Crippen LogP contribution in [0.15, 0.2) is 23.3 Å². The first-order valence-corrected chi connectivity index (χ1v) is 8.62. The Morgan fingerprint density at radius 2 is 1.96 bits per heavy atom. The number of fused-ring (bicyclic) bond motifs is 1. The molecule has 0 radical (unpaired) electrons. The van der Waals surface area contributed by atoms with E-state index in [1.165, 1.54) is 0 Å². The largest absolute Gasteiger partial charge is 0.376 e. The molecule has 2 aliphatic rings. The molecule has 1 fully saturated rings. The van der Waals surface area contributed by atoms with Crippen LogP contribution in [-0.4, -0.2) is 32.4 Å². The van der Waals surface area contributed by atoms with Gasteiger partial charge in [0.05, 0.1) is 37.3 Å². The van der Waals surface area contributed by atoms with Crippen LogP contribution in [0.3, 0.4) is 0 Å². The molecule has 0 unspecified atom stereocenters. The van der Waals surface area contributed by atoms with Crippen LogP contribution in [-0.2, 0) is 17.8 Å². The zero-order chi connectivity index (χ0) is 17.2. The molecule has 0 aromatic carbocycles. The first kappa shape index (κ1) is 16.1. The average Bonchev–Trinajstić information content (AvgIpc) is 2.64. The lowest BCUT2D eigenvalue weighted by Gasteiger charge is -2.30. The third-order valence-corrected chi connectivity index (χ3v) is 4.86. The number of rotatable bonds is 3. The molecule has 0 amide bonds. The van der Waals surface area contributed by atoms with Gasteiger partial charge in [-0.15, -0.1) is 0 Å². The van der Waals surface area contributed by atoms with Crippen molar-refractivity contribution in [1.29, 1.82) is 0 Å². The van der Waals surface area contributed by atoms with E-state index in [2.05, 4.69) is 20.4 Å². The number of ether oxygens (including phenoxy) is 1. The van der Waals surface area contributed by atoms with Gasteiger partial charge in [0.15, 0.2) is 5.82 Å². The highest BCUT2D eigenvalue weighted by atomic mass is 19.1. The highest BCUT2D eigenvalue weighted by Crippen LogP contribution is 2.28. The monoisotopic (exact) mass is 345 g/mol. The van der Waals surface area contributed by atoms with Crippen LogP contribution in [0.4, 0.5) is 10.3 Å². The van der Waals surface area contributed by atoms with Gasteiger partial charge < -0.3 is 10.1 Å². The molecule has 2 aromatic heterocycles. The number of halogens is 1. The fraction of sp³-hybridized carbons (Fsp3) is 0.529. The zero-order valence-corrected chi connectivity index (χ0v) is 13.8. The van der Waals surface area contributed by atoms with Crippen LogP contribution in [0.1, 0.15) is 43.0 Å². The van der Waals surface area contributed by atoms with Gasteiger partial charge in [-0.1, -0.05) is 0 Å². The maximum atomic E-state index is 12.9. The summed E-state index contributed by atoms with van der Waals surface area (Å²) >= 11 is 0. The molecular weight excluding hydrogens is 325 g/mol. The lowest BCUT2D eigenvalue weighted by atomic mass is 9.91. The summed E-state index contributed by atoms with van der Waals surface area (Å²) in [5.74, 6) is -0.00793. The number of hydrogen-bond donors (Lipinski definition) is 1. The highest BCUT2D eigenvalue weighted by Gasteiger charge is 2.25. The van der Waals surface area contributed by atoms with E-state index < -0.39 is 5.82 Å². The van der Waals surface area contributed by atoms with E-state index >= 15 is 0 Å². The average molecular weight is 345 g/mol. The fourth-order valence-electron chi connectivity index (χ4n) is 3.52. The van der Waals surface area contributed by atoms with Crippen molar-refractivity contribution in [1.82, 2.24) is 19.7 Å². The van der Waals surface area contributed by atoms with Gasteiger partial charge in [0, 0.05) is 24.1 Å². The van der Waals surface area contributed by atoms with Gasteiger partial charge in [-0.3, -0.25) is 4.79 Å². The first-order valence-electron chi connectivity index (χ1n) is 8.62. The highest BCUT2D eigenvalue weighted by molar-refractivity contribution is 5.25. The normalized spacial score (nSPS) is 23.1. The number of nitrogens with zero attached hydrogens (tertiary/aromatic N) is 4. The molecule has 25 heavy (non-hydrogen) atoms. The molecular formula is C17H20FN5O2. The molecule has 0 atom stereocenters. The summed E-state index contributed by atoms with van der Waals surface area (Å²) in [6, 6.07) is 2.01. The maximum absolute atomic E-state index is 12.9. The minimum atomic E-state index is -0.447. The van der Waals surface area contributed by atoms with E-state index in [9.17, 15) is 9.18 Å². The van der Waals surface area contributed by atoms with Gasteiger partial charge in [0.2, 0.25) is 5.95 Å². The molecule has 1 aliphatic heterocycles. The standard InChI is InChI=1S/C17H20FN5O2/c18-12-8-19-17(20-9-12)21-13-1-3-14(4-2-13)23-16(24)7-11-10-25-6-5-15(11)22-23/h7-9,13-14H,1-6,10H2,(H,19,20,21). The second-order valence-corrected chi connectivity index (χ2v) is 6.58. The van der Waals surface area contributed by atoms with E-state index in [1.54, 1.807) is 10.7 Å². The van der Waals surface area contributed by atoms with Crippen LogP contribution >= 0.6 is 0 Å². The van der Waals surface area contributed by atoms with E-state index in [1.807, 2.05) is 0 Å². The number of hydrogen-bond acceptors (Lipinski definition) is 6. The van der Waals surface area contributed by atoms with Crippen LogP contribution in [0.25, 0.3) is 0 Å². The van der Waals surface area contributed by atoms with Gasteiger partial charge in [0.1, 0.15) is 0 Å². The van der Waals surface area contributed by atoms with Crippen molar-refractivity contribution < 1.29 is 9.13 Å². The Balaban J connectivity index is 1.42. The van der Waals surface area contributed by atoms with Crippen LogP contribution in [0.2, 0.25) is 0 Å². The van der Waals surface area contributed by atoms with Gasteiger partial charge in [-0.25, -0.2) is 19.0 Å². The molecule has 132 valence electrons. The quantitative estimate of drug-likeness (QED) is 0.914. The molecule has 0 bridgehead atoms. The summed E-state index contributed by atoms with van der Waals surface area (Å²) < 4.78 is 19.9. The SMILES string of the molecule is O=c1cc2c(nn1C1CCC(Nc3ncc(F)cn3)CC1)CCOC2. The topological polar surface area (TPSA) is 81.9 Å². The second kappa shape index (κ2) is 6.87. The van der Waals surface area contributed by atoms with Crippen LogP contribution in [0.5, 0.6) is 0 Å². The Kier molecular flexibility index (Phi) is 4.44. The number of anilines is 1. The molecule has 1 N–H and O–H groups in total. The maximum Gasteiger partial charge on any atom is 0.267 e. The number of aromatic nitrogens is 4. The minimum absolute atomic E-state index is 0.0532. The fourth-order valence-corrected chi connectivity index (χ4v) is 3.52. The molecule has 0 saturated heterocycles. The summed E-state index contributed by atoms with van der Waals surface area (Å²) in [5, 5.41) is 7.82. The van der Waals surface area contributed by atoms with Gasteiger partial charge in [0.25, 0.3) is 5.56 Å². The summed E-state index contributed by atoms with van der Waals surface area (Å²) in [6.07, 6.45) is 6.57. The van der Waals surface area contributed by atoms with Crippen molar-refractivity contribution in [3.8, 4) is 0 Å². The zero-order valence-electron chi connectivity index (χ0n) is 13.8. The van der Waals surface area contributed by atoms with Crippen molar-refractivity contribution in [2.45, 2.75) is 50.8 Å². The third kappa shape index (κ3) is 3.53. The molecule has 1 saturated carbocycles. The van der Waals surface area contributed by atoms with Crippen LogP contribution in [0, 0.1) is 5.82 Å². The predicted octanol–water partition coefficient (Wildman–Crippen LogP) is 1.84. The number of nitrogens with one attached hydrogen (secondary N) is 1. The second-order valence-electron chi connectivity index (χ2n) is 6.58. The van der Waals surface area contributed by atoms with Crippen molar-refractivity contribution in [2.24, 2.45) is 0 Å². The van der Waals surface area contributed by atoms with Gasteiger partial charge >= 0.3 is 0 Å². The Hall–Kier alpha value is -2.35. The van der Waals surface area contributed by atoms with Gasteiger partial charge in [-0.2, -0.15) is 5.10 Å². The minimum Gasteiger partial charge on any atom is -0.376 e. The predicted molar refractivity (Wildman–Crippen MR) is 88.8 cm³/mol.